The molecule has 1 aromatic heterocycles. The van der Waals surface area contributed by atoms with Crippen LogP contribution in [0.1, 0.15) is 12.8 Å². The molecule has 3 heterocycles. The van der Waals surface area contributed by atoms with Crippen molar-refractivity contribution in [2.75, 3.05) is 59.9 Å². The van der Waals surface area contributed by atoms with Crippen LogP contribution in [-0.4, -0.2) is 106 Å². The highest BCUT2D eigenvalue weighted by Crippen LogP contribution is 2.21. The molecule has 2 aliphatic rings. The number of rotatable bonds is 4. The van der Waals surface area contributed by atoms with Crippen LogP contribution in [0.5, 0.6) is 0 Å². The van der Waals surface area contributed by atoms with Gasteiger partial charge >= 0.3 is 6.03 Å². The van der Waals surface area contributed by atoms with Crippen LogP contribution in [0.2, 0.25) is 0 Å². The van der Waals surface area contributed by atoms with Gasteiger partial charge in [-0.1, -0.05) is 0 Å². The summed E-state index contributed by atoms with van der Waals surface area (Å²) in [6, 6.07) is 0.0388. The molecule has 0 spiro atoms. The zero-order chi connectivity index (χ0) is 18.5. The Balaban J connectivity index is 1.39. The van der Waals surface area contributed by atoms with Crippen molar-refractivity contribution in [3.63, 3.8) is 0 Å². The molecule has 2 fully saturated rings. The maximum Gasteiger partial charge on any atom is 0.319 e. The summed E-state index contributed by atoms with van der Waals surface area (Å²) in [6.07, 6.45) is 4.82. The Hall–Kier alpha value is -2.16. The molecule has 144 valence electrons. The molecule has 26 heavy (non-hydrogen) atoms. The molecule has 0 N–H and O–H groups in total. The second kappa shape index (κ2) is 8.48. The molecular weight excluding hydrogens is 334 g/mol. The summed E-state index contributed by atoms with van der Waals surface area (Å²) in [5.41, 5.74) is 0. The van der Waals surface area contributed by atoms with Crippen molar-refractivity contribution in [3.05, 3.63) is 12.7 Å². The van der Waals surface area contributed by atoms with Crippen LogP contribution >= 0.6 is 0 Å². The number of likely N-dealkylation sites (tertiary alicyclic amines) is 1. The number of urea groups is 1. The summed E-state index contributed by atoms with van der Waals surface area (Å²) >= 11 is 0. The van der Waals surface area contributed by atoms with Gasteiger partial charge < -0.3 is 14.7 Å². The lowest BCUT2D eigenvalue weighted by Crippen LogP contribution is -2.52. The first kappa shape index (κ1) is 18.6. The topological polar surface area (TPSA) is 77.8 Å². The molecule has 0 aromatic carbocycles. The summed E-state index contributed by atoms with van der Waals surface area (Å²) in [5.74, 6) is 0.320. The van der Waals surface area contributed by atoms with E-state index in [9.17, 15) is 9.59 Å². The molecule has 9 heteroatoms. The first-order valence-electron chi connectivity index (χ1n) is 9.34. The summed E-state index contributed by atoms with van der Waals surface area (Å²) in [4.78, 5) is 36.5. The zero-order valence-electron chi connectivity index (χ0n) is 15.8. The largest absolute Gasteiger partial charge is 0.340 e. The fraction of sp³-hybridized carbons (Fsp3) is 0.765. The lowest BCUT2D eigenvalue weighted by molar-refractivity contribution is -0.138. The minimum absolute atomic E-state index is 0.0388. The monoisotopic (exact) mass is 363 g/mol. The average molecular weight is 363 g/mol. The van der Waals surface area contributed by atoms with Crippen LogP contribution < -0.4 is 0 Å². The fourth-order valence-electron chi connectivity index (χ4n) is 3.64. The standard InChI is InChI=1S/C17H29N7O2/c1-20(2)17(26)23-5-3-15(4-6-23)16(25)22-10-7-21(8-11-22)9-12-24-14-18-13-19-24/h13-15H,3-12H2,1-2H3. The van der Waals surface area contributed by atoms with Crippen LogP contribution in [0.4, 0.5) is 4.79 Å². The zero-order valence-corrected chi connectivity index (χ0v) is 15.8. The van der Waals surface area contributed by atoms with E-state index in [1.165, 1.54) is 0 Å². The molecule has 3 rings (SSSR count). The molecule has 1 aromatic rings. The van der Waals surface area contributed by atoms with Crippen LogP contribution in [0, 0.1) is 5.92 Å². The Labute approximate surface area is 154 Å². The molecule has 2 saturated heterocycles. The minimum atomic E-state index is 0.0388. The number of hydrogen-bond acceptors (Lipinski definition) is 5. The van der Waals surface area contributed by atoms with Crippen molar-refractivity contribution >= 4 is 11.9 Å². The first-order chi connectivity index (χ1) is 12.5. The molecule has 0 saturated carbocycles. The van der Waals surface area contributed by atoms with Gasteiger partial charge in [0.2, 0.25) is 5.91 Å². The summed E-state index contributed by atoms with van der Waals surface area (Å²) in [5, 5.41) is 4.12. The van der Waals surface area contributed by atoms with E-state index in [-0.39, 0.29) is 17.9 Å². The summed E-state index contributed by atoms with van der Waals surface area (Å²) in [6.45, 7) is 6.47. The van der Waals surface area contributed by atoms with Crippen molar-refractivity contribution in [1.82, 2.24) is 34.4 Å². The van der Waals surface area contributed by atoms with Crippen LogP contribution in [0.3, 0.4) is 0 Å². The molecule has 2 aliphatic heterocycles. The van der Waals surface area contributed by atoms with E-state index in [0.29, 0.717) is 13.1 Å². The Morgan fingerprint density at radius 1 is 1.00 bits per heavy atom. The number of piperidine rings is 1. The molecule has 0 unspecified atom stereocenters. The van der Waals surface area contributed by atoms with E-state index in [0.717, 1.165) is 52.1 Å². The number of carbonyl (C=O) groups is 2. The van der Waals surface area contributed by atoms with E-state index in [1.807, 2.05) is 14.5 Å². The van der Waals surface area contributed by atoms with E-state index in [2.05, 4.69) is 15.0 Å². The predicted molar refractivity (Wildman–Crippen MR) is 96.4 cm³/mol. The van der Waals surface area contributed by atoms with Gasteiger partial charge in [-0.25, -0.2) is 9.78 Å². The van der Waals surface area contributed by atoms with Crippen LogP contribution in [0.15, 0.2) is 12.7 Å². The third-order valence-electron chi connectivity index (χ3n) is 5.29. The SMILES string of the molecule is CN(C)C(=O)N1CCC(C(=O)N2CCN(CCn3cncn3)CC2)CC1. The van der Waals surface area contributed by atoms with Crippen molar-refractivity contribution in [2.45, 2.75) is 19.4 Å². The molecule has 0 radical (unpaired) electrons. The summed E-state index contributed by atoms with van der Waals surface area (Å²) in [7, 11) is 3.53. The van der Waals surface area contributed by atoms with Crippen LogP contribution in [0.25, 0.3) is 0 Å². The number of carbonyl (C=O) groups excluding carboxylic acids is 2. The van der Waals surface area contributed by atoms with Crippen molar-refractivity contribution < 1.29 is 9.59 Å². The highest BCUT2D eigenvalue weighted by atomic mass is 16.2. The Morgan fingerprint density at radius 3 is 2.27 bits per heavy atom. The van der Waals surface area contributed by atoms with Gasteiger partial charge in [-0.3, -0.25) is 14.4 Å². The van der Waals surface area contributed by atoms with E-state index >= 15 is 0 Å². The molecular formula is C17H29N7O2. The third-order valence-corrected chi connectivity index (χ3v) is 5.29. The fourth-order valence-corrected chi connectivity index (χ4v) is 3.64. The number of amides is 3. The molecule has 0 atom stereocenters. The van der Waals surface area contributed by atoms with Gasteiger partial charge in [0.05, 0.1) is 6.54 Å². The van der Waals surface area contributed by atoms with Crippen molar-refractivity contribution in [3.8, 4) is 0 Å². The first-order valence-corrected chi connectivity index (χ1v) is 9.34. The van der Waals surface area contributed by atoms with Crippen molar-refractivity contribution in [1.29, 1.82) is 0 Å². The number of hydrogen-bond donors (Lipinski definition) is 0. The van der Waals surface area contributed by atoms with E-state index in [1.54, 1.807) is 31.6 Å². The molecule has 9 nitrogen and oxygen atoms in total. The molecule has 3 amide bonds. The number of nitrogens with zero attached hydrogens (tertiary/aromatic N) is 7. The maximum absolute atomic E-state index is 12.8. The normalized spacial score (nSPS) is 19.6. The Morgan fingerprint density at radius 2 is 1.69 bits per heavy atom. The quantitative estimate of drug-likeness (QED) is 0.741. The predicted octanol–water partition coefficient (Wildman–Crippen LogP) is -0.184. The van der Waals surface area contributed by atoms with Gasteiger partial charge in [0.15, 0.2) is 0 Å². The van der Waals surface area contributed by atoms with Crippen molar-refractivity contribution in [2.24, 2.45) is 5.92 Å². The molecule has 0 bridgehead atoms. The Kier molecular flexibility index (Phi) is 6.08. The lowest BCUT2D eigenvalue weighted by atomic mass is 9.95. The minimum Gasteiger partial charge on any atom is -0.340 e. The lowest BCUT2D eigenvalue weighted by Gasteiger charge is -2.39. The smallest absolute Gasteiger partial charge is 0.319 e. The van der Waals surface area contributed by atoms with Gasteiger partial charge in [-0.05, 0) is 12.8 Å². The highest BCUT2D eigenvalue weighted by molar-refractivity contribution is 5.80. The van der Waals surface area contributed by atoms with E-state index in [4.69, 9.17) is 0 Å². The van der Waals surface area contributed by atoms with E-state index < -0.39 is 0 Å². The van der Waals surface area contributed by atoms with Gasteiger partial charge in [0, 0.05) is 65.8 Å². The van der Waals surface area contributed by atoms with Gasteiger partial charge in [0.25, 0.3) is 0 Å². The van der Waals surface area contributed by atoms with Gasteiger partial charge in [-0.15, -0.1) is 0 Å². The number of piperazine rings is 1. The second-order valence-corrected chi connectivity index (χ2v) is 7.26. The highest BCUT2D eigenvalue weighted by Gasteiger charge is 2.31. The van der Waals surface area contributed by atoms with Gasteiger partial charge in [0.1, 0.15) is 12.7 Å². The second-order valence-electron chi connectivity index (χ2n) is 7.26. The third kappa shape index (κ3) is 4.51. The Bertz CT molecular complexity index is 588. The summed E-state index contributed by atoms with van der Waals surface area (Å²) < 4.78 is 1.83. The average Bonchev–Trinajstić information content (AvgIpc) is 3.19. The maximum atomic E-state index is 12.8. The molecule has 0 aliphatic carbocycles. The van der Waals surface area contributed by atoms with Crippen LogP contribution in [-0.2, 0) is 11.3 Å². The van der Waals surface area contributed by atoms with Gasteiger partial charge in [-0.2, -0.15) is 5.10 Å². The number of aromatic nitrogens is 3.